The molecule has 5 rings (SSSR count). The topological polar surface area (TPSA) is 78.7 Å². The zero-order chi connectivity index (χ0) is 27.2. The number of hydrogen-bond donors (Lipinski definition) is 1. The van der Waals surface area contributed by atoms with Crippen molar-refractivity contribution >= 4 is 22.5 Å². The van der Waals surface area contributed by atoms with Crippen molar-refractivity contribution in [3.63, 3.8) is 0 Å². The van der Waals surface area contributed by atoms with Crippen LogP contribution in [0.25, 0.3) is 22.0 Å². The van der Waals surface area contributed by atoms with E-state index in [1.165, 1.54) is 6.07 Å². The number of aryl methyl sites for hydroxylation is 1. The van der Waals surface area contributed by atoms with Gasteiger partial charge in [-0.1, -0.05) is 41.8 Å². The van der Waals surface area contributed by atoms with Gasteiger partial charge >= 0.3 is 6.30 Å². The molecule has 3 aromatic heterocycles. The largest absolute Gasteiger partial charge is 0.491 e. The Morgan fingerprint density at radius 2 is 1.79 bits per heavy atom. The molecule has 0 spiro atoms. The lowest BCUT2D eigenvalue weighted by Crippen LogP contribution is -2.42. The van der Waals surface area contributed by atoms with Crippen LogP contribution in [0.15, 0.2) is 84.2 Å². The fourth-order valence-electron chi connectivity index (χ4n) is 4.60. The van der Waals surface area contributed by atoms with E-state index in [0.29, 0.717) is 27.4 Å². The molecule has 10 heteroatoms. The molecule has 0 saturated heterocycles. The maximum Gasteiger partial charge on any atom is 0.491 e. The molecular weight excluding hydrogens is 515 g/mol. The van der Waals surface area contributed by atoms with Gasteiger partial charge in [-0.3, -0.25) is 9.78 Å². The van der Waals surface area contributed by atoms with E-state index >= 15 is 0 Å². The number of benzene rings is 2. The van der Waals surface area contributed by atoms with E-state index in [4.69, 9.17) is 23.8 Å². The van der Waals surface area contributed by atoms with E-state index in [9.17, 15) is 18.0 Å². The van der Waals surface area contributed by atoms with Gasteiger partial charge in [0.15, 0.2) is 0 Å². The Kier molecular flexibility index (Phi) is 6.10. The molecule has 1 atom stereocenters. The molecule has 0 aliphatic heterocycles. The van der Waals surface area contributed by atoms with Gasteiger partial charge in [-0.25, -0.2) is 9.55 Å². The lowest BCUT2D eigenvalue weighted by molar-refractivity contribution is -0.203. The van der Waals surface area contributed by atoms with Crippen molar-refractivity contribution in [1.29, 1.82) is 0 Å². The van der Waals surface area contributed by atoms with Gasteiger partial charge in [0.05, 0.1) is 35.6 Å². The van der Waals surface area contributed by atoms with Crippen molar-refractivity contribution in [1.82, 2.24) is 19.1 Å². The Morgan fingerprint density at radius 3 is 2.42 bits per heavy atom. The Labute approximate surface area is 220 Å². The number of alkyl halides is 3. The van der Waals surface area contributed by atoms with Gasteiger partial charge in [-0.2, -0.15) is 0 Å². The number of terminal acetylenes is 1. The molecule has 2 N–H and O–H groups in total. The third kappa shape index (κ3) is 4.14. The lowest BCUT2D eigenvalue weighted by atomic mass is 9.83. The van der Waals surface area contributed by atoms with E-state index in [1.54, 1.807) is 72.7 Å². The number of rotatable bonds is 4. The molecule has 38 heavy (non-hydrogen) atoms. The number of imidazole rings is 1. The maximum atomic E-state index is 14.0. The number of pyridine rings is 2. The summed E-state index contributed by atoms with van der Waals surface area (Å²) in [6.07, 6.45) is 4.70. The van der Waals surface area contributed by atoms with Crippen LogP contribution in [0.2, 0.25) is 5.02 Å². The highest BCUT2D eigenvalue weighted by atomic mass is 35.5. The Hall–Kier alpha value is -4.39. The average Bonchev–Trinajstić information content (AvgIpc) is 3.33. The first kappa shape index (κ1) is 25.3. The summed E-state index contributed by atoms with van der Waals surface area (Å²) in [5.41, 5.74) is 6.55. The van der Waals surface area contributed by atoms with E-state index < -0.39 is 22.9 Å². The Balaban J connectivity index is 1.89. The van der Waals surface area contributed by atoms with Crippen LogP contribution in [0.5, 0.6) is 0 Å². The number of nitrogens with two attached hydrogens (primary N) is 1. The SMILES string of the molecule is C#Cc1cccc(-c2cc(=O)n(C(F)(F)F)c3cnc([C@](N)(c4ccc(Cl)cc4)c4cncn4C)cc23)c1. The molecular formula is C28H19ClF3N5O. The van der Waals surface area contributed by atoms with Gasteiger partial charge in [0.1, 0.15) is 5.54 Å². The summed E-state index contributed by atoms with van der Waals surface area (Å²) in [5, 5.41) is 0.601. The molecule has 0 saturated carbocycles. The Bertz CT molecular complexity index is 1780. The summed E-state index contributed by atoms with van der Waals surface area (Å²) >= 11 is 6.10. The van der Waals surface area contributed by atoms with Crippen molar-refractivity contribution in [2.75, 3.05) is 0 Å². The van der Waals surface area contributed by atoms with Crippen LogP contribution >= 0.6 is 11.6 Å². The van der Waals surface area contributed by atoms with Crippen LogP contribution in [0.1, 0.15) is 22.5 Å². The molecule has 0 aliphatic carbocycles. The highest BCUT2D eigenvalue weighted by Crippen LogP contribution is 2.37. The second kappa shape index (κ2) is 9.17. The van der Waals surface area contributed by atoms with Crippen LogP contribution < -0.4 is 11.3 Å². The van der Waals surface area contributed by atoms with E-state index in [2.05, 4.69) is 15.9 Å². The first-order valence-corrected chi connectivity index (χ1v) is 11.6. The monoisotopic (exact) mass is 533 g/mol. The van der Waals surface area contributed by atoms with E-state index in [1.807, 2.05) is 0 Å². The minimum Gasteiger partial charge on any atom is -0.335 e. The Morgan fingerprint density at radius 1 is 1.05 bits per heavy atom. The summed E-state index contributed by atoms with van der Waals surface area (Å²) in [6, 6.07) is 15.8. The van der Waals surface area contributed by atoms with Gasteiger partial charge in [-0.05, 0) is 47.0 Å². The lowest BCUT2D eigenvalue weighted by Gasteiger charge is -2.30. The molecule has 190 valence electrons. The van der Waals surface area contributed by atoms with Crippen LogP contribution in [0, 0.1) is 12.3 Å². The van der Waals surface area contributed by atoms with Crippen molar-refractivity contribution in [2.45, 2.75) is 11.8 Å². The van der Waals surface area contributed by atoms with E-state index in [-0.39, 0.29) is 21.2 Å². The van der Waals surface area contributed by atoms with E-state index in [0.717, 1.165) is 12.3 Å². The normalized spacial score (nSPS) is 13.3. The van der Waals surface area contributed by atoms with Crippen molar-refractivity contribution < 1.29 is 13.2 Å². The number of nitrogens with zero attached hydrogens (tertiary/aromatic N) is 4. The zero-order valence-electron chi connectivity index (χ0n) is 19.9. The summed E-state index contributed by atoms with van der Waals surface area (Å²) in [5.74, 6) is 2.51. The second-order valence-corrected chi connectivity index (χ2v) is 9.15. The molecule has 5 aromatic rings. The van der Waals surface area contributed by atoms with Crippen LogP contribution in [-0.2, 0) is 18.9 Å². The molecule has 0 unspecified atom stereocenters. The molecule has 0 fully saturated rings. The molecule has 6 nitrogen and oxygen atoms in total. The van der Waals surface area contributed by atoms with Crippen molar-refractivity contribution in [2.24, 2.45) is 12.8 Å². The second-order valence-electron chi connectivity index (χ2n) is 8.72. The fraction of sp³-hybridized carbons (Fsp3) is 0.107. The fourth-order valence-corrected chi connectivity index (χ4v) is 4.72. The van der Waals surface area contributed by atoms with Gasteiger partial charge in [-0.15, -0.1) is 19.6 Å². The smallest absolute Gasteiger partial charge is 0.335 e. The van der Waals surface area contributed by atoms with Crippen LogP contribution in [0.4, 0.5) is 13.2 Å². The standard InChI is InChI=1S/C28H19ClF3N5O/c1-3-17-5-4-6-18(11-17)21-13-26(38)37(28(30,31)32)23-14-35-24(12-22(21)23)27(33,25-15-34-16-36(25)2)19-7-9-20(29)10-8-19/h1,4-16H,33H2,2H3/t27-/m1/s1. The first-order chi connectivity index (χ1) is 18.0. The summed E-state index contributed by atoms with van der Waals surface area (Å²) in [7, 11) is 1.75. The number of hydrogen-bond acceptors (Lipinski definition) is 4. The summed E-state index contributed by atoms with van der Waals surface area (Å²) in [4.78, 5) is 21.3. The summed E-state index contributed by atoms with van der Waals surface area (Å²) < 4.78 is 43.5. The highest BCUT2D eigenvalue weighted by molar-refractivity contribution is 6.30. The zero-order valence-corrected chi connectivity index (χ0v) is 20.6. The minimum absolute atomic E-state index is 0.118. The molecule has 0 bridgehead atoms. The highest BCUT2D eigenvalue weighted by Gasteiger charge is 2.38. The van der Waals surface area contributed by atoms with Gasteiger partial charge in [0, 0.05) is 29.1 Å². The molecule has 0 aliphatic rings. The van der Waals surface area contributed by atoms with Crippen molar-refractivity contribution in [3.05, 3.63) is 117 Å². The van der Waals surface area contributed by atoms with Crippen LogP contribution in [-0.4, -0.2) is 19.1 Å². The third-order valence-corrected chi connectivity index (χ3v) is 6.67. The quantitative estimate of drug-likeness (QED) is 0.324. The predicted octanol–water partition coefficient (Wildman–Crippen LogP) is 5.16. The first-order valence-electron chi connectivity index (χ1n) is 11.3. The molecule has 3 heterocycles. The molecule has 2 aromatic carbocycles. The van der Waals surface area contributed by atoms with Crippen molar-refractivity contribution in [3.8, 4) is 23.5 Å². The average molecular weight is 534 g/mol. The van der Waals surface area contributed by atoms with Gasteiger partial charge in [0.25, 0.3) is 5.56 Å². The predicted molar refractivity (Wildman–Crippen MR) is 139 cm³/mol. The number of fused-ring (bicyclic) bond motifs is 1. The molecule has 0 radical (unpaired) electrons. The minimum atomic E-state index is -4.98. The number of aromatic nitrogens is 4. The van der Waals surface area contributed by atoms with Crippen LogP contribution in [0.3, 0.4) is 0 Å². The third-order valence-electron chi connectivity index (χ3n) is 6.42. The van der Waals surface area contributed by atoms with Gasteiger partial charge in [0.2, 0.25) is 0 Å². The maximum absolute atomic E-state index is 14.0. The van der Waals surface area contributed by atoms with Gasteiger partial charge < -0.3 is 10.3 Å². The molecule has 0 amide bonds. The number of halogens is 4. The summed E-state index contributed by atoms with van der Waals surface area (Å²) in [6.45, 7) is 0.